The Kier molecular flexibility index (Phi) is 5.98. The van der Waals surface area contributed by atoms with Crippen molar-refractivity contribution >= 4 is 44.7 Å². The molecule has 0 fully saturated rings. The molecule has 9 heteroatoms. The van der Waals surface area contributed by atoms with Crippen LogP contribution in [-0.2, 0) is 24.2 Å². The van der Waals surface area contributed by atoms with Crippen molar-refractivity contribution in [3.8, 4) is 0 Å². The molecule has 1 aromatic carbocycles. The van der Waals surface area contributed by atoms with E-state index in [1.54, 1.807) is 6.07 Å². The van der Waals surface area contributed by atoms with Crippen LogP contribution in [0.1, 0.15) is 6.42 Å². The van der Waals surface area contributed by atoms with Gasteiger partial charge in [-0.2, -0.15) is 0 Å². The molecule has 0 aromatic heterocycles. The third-order valence-electron chi connectivity index (χ3n) is 2.49. The van der Waals surface area contributed by atoms with E-state index in [0.29, 0.717) is 16.4 Å². The number of nitrogens with one attached hydrogen (secondary N) is 1. The van der Waals surface area contributed by atoms with Crippen LogP contribution in [0.4, 0.5) is 11.4 Å². The van der Waals surface area contributed by atoms with Crippen LogP contribution >= 0.6 is 11.6 Å². The second kappa shape index (κ2) is 7.28. The largest absolute Gasteiger partial charge is 0.468 e. The highest BCUT2D eigenvalue weighted by Gasteiger charge is 2.18. The fraction of sp³-hybridized carbons (Fsp3) is 0.333. The summed E-state index contributed by atoms with van der Waals surface area (Å²) in [7, 11) is -2.58. The first-order valence-electron chi connectivity index (χ1n) is 5.85. The van der Waals surface area contributed by atoms with Crippen molar-refractivity contribution in [1.29, 1.82) is 0 Å². The van der Waals surface area contributed by atoms with Gasteiger partial charge >= 0.3 is 5.97 Å². The Balaban J connectivity index is 2.54. The molecule has 0 aliphatic rings. The number of nitrogen functional groups attached to an aromatic ring is 1. The van der Waals surface area contributed by atoms with Crippen LogP contribution in [0.2, 0.25) is 5.02 Å². The number of methoxy groups -OCH3 is 1. The van der Waals surface area contributed by atoms with Crippen LogP contribution in [0.25, 0.3) is 0 Å². The number of benzene rings is 1. The summed E-state index contributed by atoms with van der Waals surface area (Å²) in [6.45, 7) is 0. The summed E-state index contributed by atoms with van der Waals surface area (Å²) in [5.41, 5.74) is 6.29. The van der Waals surface area contributed by atoms with Gasteiger partial charge in [0.25, 0.3) is 0 Å². The molecule has 116 valence electrons. The lowest BCUT2D eigenvalue weighted by Gasteiger charge is -2.07. The van der Waals surface area contributed by atoms with Gasteiger partial charge < -0.3 is 15.8 Å². The first-order chi connectivity index (χ1) is 9.73. The number of carbonyl (C=O) groups is 2. The zero-order chi connectivity index (χ0) is 16.0. The third kappa shape index (κ3) is 6.01. The predicted octanol–water partition coefficient (Wildman–Crippen LogP) is 0.839. The van der Waals surface area contributed by atoms with Crippen molar-refractivity contribution in [2.75, 3.05) is 29.7 Å². The van der Waals surface area contributed by atoms with Gasteiger partial charge in [-0.1, -0.05) is 11.6 Å². The topological polar surface area (TPSA) is 116 Å². The second-order valence-electron chi connectivity index (χ2n) is 4.20. The minimum absolute atomic E-state index is 0.276. The second-order valence-corrected chi connectivity index (χ2v) is 6.79. The molecule has 1 amide bonds. The lowest BCUT2D eigenvalue weighted by atomic mass is 10.2. The highest BCUT2D eigenvalue weighted by atomic mass is 35.5. The molecule has 0 unspecified atom stereocenters. The molecular weight excluding hydrogens is 320 g/mol. The minimum atomic E-state index is -3.68. The summed E-state index contributed by atoms with van der Waals surface area (Å²) in [6.07, 6.45) is -0.276. The number of halogens is 1. The zero-order valence-corrected chi connectivity index (χ0v) is 12.8. The van der Waals surface area contributed by atoms with E-state index in [1.807, 2.05) is 0 Å². The maximum Gasteiger partial charge on any atom is 0.320 e. The van der Waals surface area contributed by atoms with Gasteiger partial charge in [-0.15, -0.1) is 0 Å². The predicted molar refractivity (Wildman–Crippen MR) is 79.8 cm³/mol. The highest BCUT2D eigenvalue weighted by Crippen LogP contribution is 2.22. The molecule has 7 nitrogen and oxygen atoms in total. The van der Waals surface area contributed by atoms with E-state index in [2.05, 4.69) is 10.1 Å². The number of ether oxygens (including phenoxy) is 1. The molecule has 0 bridgehead atoms. The molecule has 0 spiro atoms. The fourth-order valence-corrected chi connectivity index (χ4v) is 2.64. The Morgan fingerprint density at radius 3 is 2.62 bits per heavy atom. The van der Waals surface area contributed by atoms with Crippen LogP contribution in [0.15, 0.2) is 18.2 Å². The molecule has 1 rings (SSSR count). The van der Waals surface area contributed by atoms with Crippen LogP contribution in [0.3, 0.4) is 0 Å². The van der Waals surface area contributed by atoms with Crippen molar-refractivity contribution in [2.24, 2.45) is 0 Å². The maximum atomic E-state index is 11.6. The number of nitrogens with two attached hydrogens (primary N) is 1. The number of hydrogen-bond donors (Lipinski definition) is 2. The van der Waals surface area contributed by atoms with E-state index in [-0.39, 0.29) is 6.42 Å². The van der Waals surface area contributed by atoms with Crippen molar-refractivity contribution in [2.45, 2.75) is 6.42 Å². The van der Waals surface area contributed by atoms with Gasteiger partial charge in [0.15, 0.2) is 9.84 Å². The van der Waals surface area contributed by atoms with Gasteiger partial charge in [0, 0.05) is 12.1 Å². The molecule has 21 heavy (non-hydrogen) atoms. The number of anilines is 2. The molecule has 0 aliphatic heterocycles. The van der Waals surface area contributed by atoms with Crippen LogP contribution in [0.5, 0.6) is 0 Å². The number of amides is 1. The summed E-state index contributed by atoms with van der Waals surface area (Å²) in [6, 6.07) is 4.52. The van der Waals surface area contributed by atoms with E-state index in [9.17, 15) is 18.0 Å². The number of esters is 1. The summed E-state index contributed by atoms with van der Waals surface area (Å²) in [4.78, 5) is 22.5. The quantitative estimate of drug-likeness (QED) is 0.588. The van der Waals surface area contributed by atoms with Crippen LogP contribution in [-0.4, -0.2) is 38.9 Å². The summed E-state index contributed by atoms with van der Waals surface area (Å²) >= 11 is 5.74. The van der Waals surface area contributed by atoms with Gasteiger partial charge in [0.1, 0.15) is 5.75 Å². The molecule has 0 atom stereocenters. The Hall–Kier alpha value is -1.80. The van der Waals surface area contributed by atoms with Crippen molar-refractivity contribution in [3.63, 3.8) is 0 Å². The average molecular weight is 335 g/mol. The average Bonchev–Trinajstić information content (AvgIpc) is 2.40. The Bertz CT molecular complexity index is 645. The first-order valence-corrected chi connectivity index (χ1v) is 8.05. The Morgan fingerprint density at radius 2 is 2.05 bits per heavy atom. The molecule has 0 heterocycles. The number of sulfone groups is 1. The lowest BCUT2D eigenvalue weighted by molar-refractivity contribution is -0.137. The number of carbonyl (C=O) groups excluding carboxylic acids is 2. The van der Waals surface area contributed by atoms with Gasteiger partial charge in [0.2, 0.25) is 5.91 Å². The van der Waals surface area contributed by atoms with Gasteiger partial charge in [-0.3, -0.25) is 9.59 Å². The van der Waals surface area contributed by atoms with Gasteiger partial charge in [0.05, 0.1) is 23.6 Å². The third-order valence-corrected chi connectivity index (χ3v) is 4.33. The van der Waals surface area contributed by atoms with E-state index in [0.717, 1.165) is 7.11 Å². The van der Waals surface area contributed by atoms with E-state index in [4.69, 9.17) is 17.3 Å². The van der Waals surface area contributed by atoms with E-state index >= 15 is 0 Å². The molecule has 0 saturated heterocycles. The monoisotopic (exact) mass is 334 g/mol. The summed E-state index contributed by atoms with van der Waals surface area (Å²) < 4.78 is 27.3. The molecule has 0 aliphatic carbocycles. The maximum absolute atomic E-state index is 11.6. The van der Waals surface area contributed by atoms with Crippen LogP contribution in [0, 0.1) is 0 Å². The van der Waals surface area contributed by atoms with Crippen molar-refractivity contribution in [1.82, 2.24) is 0 Å². The van der Waals surface area contributed by atoms with Gasteiger partial charge in [-0.25, -0.2) is 8.42 Å². The molecule has 1 aromatic rings. The molecule has 3 N–H and O–H groups in total. The number of hydrogen-bond acceptors (Lipinski definition) is 6. The van der Waals surface area contributed by atoms with E-state index < -0.39 is 33.2 Å². The number of rotatable bonds is 6. The molecule has 0 radical (unpaired) electrons. The van der Waals surface area contributed by atoms with Crippen molar-refractivity contribution in [3.05, 3.63) is 23.2 Å². The normalized spacial score (nSPS) is 11.0. The van der Waals surface area contributed by atoms with Gasteiger partial charge in [-0.05, 0) is 18.2 Å². The Morgan fingerprint density at radius 1 is 1.38 bits per heavy atom. The summed E-state index contributed by atoms with van der Waals surface area (Å²) in [5, 5.41) is 2.85. The van der Waals surface area contributed by atoms with Crippen LogP contribution < -0.4 is 11.1 Å². The van der Waals surface area contributed by atoms with E-state index in [1.165, 1.54) is 12.1 Å². The minimum Gasteiger partial charge on any atom is -0.468 e. The lowest BCUT2D eigenvalue weighted by Crippen LogP contribution is -2.23. The SMILES string of the molecule is COC(=O)CS(=O)(=O)CCC(=O)Nc1ccc(Cl)c(N)c1. The molecular formula is C12H15ClN2O5S. The first kappa shape index (κ1) is 17.3. The van der Waals surface area contributed by atoms with Crippen molar-refractivity contribution < 1.29 is 22.7 Å². The smallest absolute Gasteiger partial charge is 0.320 e. The molecule has 0 saturated carbocycles. The highest BCUT2D eigenvalue weighted by molar-refractivity contribution is 7.92. The fourth-order valence-electron chi connectivity index (χ4n) is 1.40. The standard InChI is InChI=1S/C12H15ClN2O5S/c1-20-12(17)7-21(18,19)5-4-11(16)15-8-2-3-9(13)10(14)6-8/h2-3,6H,4-5,7,14H2,1H3,(H,15,16). The zero-order valence-electron chi connectivity index (χ0n) is 11.3. The summed E-state index contributed by atoms with van der Waals surface area (Å²) in [5.74, 6) is -2.56. The Labute approximate surface area is 127 Å².